The number of hydrogen-bond donors (Lipinski definition) is 0. The highest BCUT2D eigenvalue weighted by molar-refractivity contribution is 5.91. The van der Waals surface area contributed by atoms with Gasteiger partial charge in [0.05, 0.1) is 5.92 Å². The fourth-order valence-electron chi connectivity index (χ4n) is 3.17. The van der Waals surface area contributed by atoms with Gasteiger partial charge in [-0.05, 0) is 67.8 Å². The highest BCUT2D eigenvalue weighted by Gasteiger charge is 2.15. The van der Waals surface area contributed by atoms with E-state index in [0.29, 0.717) is 34.0 Å². The highest BCUT2D eigenvalue weighted by atomic mass is 16.5. The Morgan fingerprint density at radius 2 is 1.27 bits per heavy atom. The van der Waals surface area contributed by atoms with E-state index in [-0.39, 0.29) is 11.9 Å². The Balaban J connectivity index is 1.95. The summed E-state index contributed by atoms with van der Waals surface area (Å²) in [6.07, 6.45) is 1.69. The van der Waals surface area contributed by atoms with Gasteiger partial charge in [-0.1, -0.05) is 62.9 Å². The van der Waals surface area contributed by atoms with Crippen LogP contribution in [0.3, 0.4) is 0 Å². The molecule has 0 spiro atoms. The number of carbonyl (C=O) groups excluding carboxylic acids is 3. The second kappa shape index (κ2) is 12.0. The van der Waals surface area contributed by atoms with Gasteiger partial charge in [-0.2, -0.15) is 0 Å². The first-order chi connectivity index (χ1) is 17.6. The van der Waals surface area contributed by atoms with Gasteiger partial charge in [0.1, 0.15) is 17.2 Å². The first-order valence-corrected chi connectivity index (χ1v) is 11.9. The molecule has 0 fully saturated rings. The van der Waals surface area contributed by atoms with E-state index in [0.717, 1.165) is 16.7 Å². The minimum atomic E-state index is -0.490. The lowest BCUT2D eigenvalue weighted by Crippen LogP contribution is -2.14. The molecule has 6 nitrogen and oxygen atoms in total. The van der Waals surface area contributed by atoms with Gasteiger partial charge in [0.25, 0.3) is 0 Å². The predicted octanol–water partition coefficient (Wildman–Crippen LogP) is 6.94. The van der Waals surface area contributed by atoms with E-state index >= 15 is 0 Å². The number of allylic oxidation sites excluding steroid dienone is 1. The van der Waals surface area contributed by atoms with Crippen molar-refractivity contribution in [3.8, 4) is 39.5 Å². The number of benzene rings is 3. The summed E-state index contributed by atoms with van der Waals surface area (Å²) in [5, 5.41) is 0. The molecule has 190 valence electrons. The fraction of sp³-hybridized carbons (Fsp3) is 0.194. The van der Waals surface area contributed by atoms with E-state index in [1.54, 1.807) is 71.0 Å². The molecule has 0 saturated carbocycles. The van der Waals surface area contributed by atoms with Crippen molar-refractivity contribution in [2.45, 2.75) is 34.6 Å². The molecule has 0 aliphatic rings. The molecule has 0 bridgehead atoms. The summed E-state index contributed by atoms with van der Waals surface area (Å²) < 4.78 is 16.4. The Morgan fingerprint density at radius 3 is 1.81 bits per heavy atom. The SMILES string of the molecule is C=C(C)C(=O)Oc1ccc(-c2ccc(-c3ccc(OC(=O)C(C)C)cc3)c(OC(=O)/C(C)=C\C)c2)cc1. The van der Waals surface area contributed by atoms with Crippen LogP contribution in [-0.2, 0) is 14.4 Å². The molecule has 0 unspecified atom stereocenters. The van der Waals surface area contributed by atoms with E-state index in [1.807, 2.05) is 36.4 Å². The van der Waals surface area contributed by atoms with Gasteiger partial charge in [0, 0.05) is 16.7 Å². The van der Waals surface area contributed by atoms with Crippen LogP contribution in [-0.4, -0.2) is 17.9 Å². The lowest BCUT2D eigenvalue weighted by molar-refractivity contribution is -0.137. The Morgan fingerprint density at radius 1 is 0.730 bits per heavy atom. The summed E-state index contributed by atoms with van der Waals surface area (Å²) in [6, 6.07) is 19.6. The van der Waals surface area contributed by atoms with Gasteiger partial charge in [0.15, 0.2) is 0 Å². The average Bonchev–Trinajstić information content (AvgIpc) is 2.89. The molecule has 37 heavy (non-hydrogen) atoms. The molecule has 0 aliphatic heterocycles. The third kappa shape index (κ3) is 7.04. The third-order valence-corrected chi connectivity index (χ3v) is 5.54. The molecule has 3 rings (SSSR count). The zero-order valence-electron chi connectivity index (χ0n) is 21.7. The van der Waals surface area contributed by atoms with Crippen molar-refractivity contribution >= 4 is 17.9 Å². The second-order valence-corrected chi connectivity index (χ2v) is 8.87. The Hall–Kier alpha value is -4.45. The van der Waals surface area contributed by atoms with E-state index in [9.17, 15) is 14.4 Å². The maximum absolute atomic E-state index is 12.6. The van der Waals surface area contributed by atoms with Gasteiger partial charge in [-0.25, -0.2) is 9.59 Å². The largest absolute Gasteiger partial charge is 0.426 e. The maximum Gasteiger partial charge on any atom is 0.338 e. The monoisotopic (exact) mass is 498 g/mol. The molecule has 3 aromatic rings. The molecule has 3 aromatic carbocycles. The summed E-state index contributed by atoms with van der Waals surface area (Å²) in [5.74, 6) is -0.263. The molecule has 0 heterocycles. The van der Waals surface area contributed by atoms with Crippen LogP contribution >= 0.6 is 0 Å². The highest BCUT2D eigenvalue weighted by Crippen LogP contribution is 2.36. The van der Waals surface area contributed by atoms with Gasteiger partial charge >= 0.3 is 17.9 Å². The standard InChI is InChI=1S/C31H30O6/c1-7-21(6)31(34)37-28-18-24(22-8-13-25(14-9-22)35-29(32)19(2)3)12-17-27(28)23-10-15-26(16-11-23)36-30(33)20(4)5/h7-18,20H,2H2,1,3-6H3/b21-7-. The molecule has 0 atom stereocenters. The number of hydrogen-bond acceptors (Lipinski definition) is 6. The molecule has 0 radical (unpaired) electrons. The van der Waals surface area contributed by atoms with E-state index < -0.39 is 11.9 Å². The molecular weight excluding hydrogens is 468 g/mol. The lowest BCUT2D eigenvalue weighted by atomic mass is 9.99. The molecule has 0 amide bonds. The first kappa shape index (κ1) is 27.1. The van der Waals surface area contributed by atoms with Crippen LogP contribution in [0.4, 0.5) is 0 Å². The van der Waals surface area contributed by atoms with E-state index in [4.69, 9.17) is 14.2 Å². The summed E-state index contributed by atoms with van der Waals surface area (Å²) in [6.45, 7) is 12.2. The van der Waals surface area contributed by atoms with Crippen LogP contribution in [0, 0.1) is 5.92 Å². The van der Waals surface area contributed by atoms with Crippen LogP contribution in [0.2, 0.25) is 0 Å². The zero-order chi connectivity index (χ0) is 27.1. The average molecular weight is 499 g/mol. The van der Waals surface area contributed by atoms with E-state index in [2.05, 4.69) is 6.58 Å². The van der Waals surface area contributed by atoms with Crippen molar-refractivity contribution in [3.05, 3.63) is 90.5 Å². The Bertz CT molecular complexity index is 1350. The minimum absolute atomic E-state index is 0.236. The first-order valence-electron chi connectivity index (χ1n) is 11.9. The van der Waals surface area contributed by atoms with Crippen LogP contribution in [0.1, 0.15) is 34.6 Å². The van der Waals surface area contributed by atoms with Crippen LogP contribution in [0.5, 0.6) is 17.2 Å². The number of esters is 3. The molecule has 6 heteroatoms. The molecule has 0 saturated heterocycles. The zero-order valence-corrected chi connectivity index (χ0v) is 21.7. The van der Waals surface area contributed by atoms with Crippen molar-refractivity contribution < 1.29 is 28.6 Å². The van der Waals surface area contributed by atoms with Crippen molar-refractivity contribution in [2.24, 2.45) is 5.92 Å². The quantitative estimate of drug-likeness (QED) is 0.190. The number of carbonyl (C=O) groups is 3. The van der Waals surface area contributed by atoms with Crippen molar-refractivity contribution in [1.29, 1.82) is 0 Å². The van der Waals surface area contributed by atoms with Crippen molar-refractivity contribution in [3.63, 3.8) is 0 Å². The van der Waals surface area contributed by atoms with Crippen molar-refractivity contribution in [2.75, 3.05) is 0 Å². The molecule has 0 N–H and O–H groups in total. The van der Waals surface area contributed by atoms with Crippen molar-refractivity contribution in [1.82, 2.24) is 0 Å². The van der Waals surface area contributed by atoms with Gasteiger partial charge in [0.2, 0.25) is 0 Å². The van der Waals surface area contributed by atoms with Crippen LogP contribution in [0.15, 0.2) is 90.5 Å². The summed E-state index contributed by atoms with van der Waals surface area (Å²) in [4.78, 5) is 36.3. The summed E-state index contributed by atoms with van der Waals surface area (Å²) in [5.41, 5.74) is 3.95. The fourth-order valence-corrected chi connectivity index (χ4v) is 3.17. The van der Waals surface area contributed by atoms with Crippen LogP contribution in [0.25, 0.3) is 22.3 Å². The molecule has 0 aromatic heterocycles. The summed E-state index contributed by atoms with van der Waals surface area (Å²) >= 11 is 0. The lowest BCUT2D eigenvalue weighted by Gasteiger charge is -2.14. The predicted molar refractivity (Wildman–Crippen MR) is 143 cm³/mol. The van der Waals surface area contributed by atoms with Gasteiger partial charge < -0.3 is 14.2 Å². The summed E-state index contributed by atoms with van der Waals surface area (Å²) in [7, 11) is 0. The molecular formula is C31H30O6. The van der Waals surface area contributed by atoms with Gasteiger partial charge in [-0.15, -0.1) is 0 Å². The smallest absolute Gasteiger partial charge is 0.338 e. The Labute approximate surface area is 217 Å². The van der Waals surface area contributed by atoms with Gasteiger partial charge in [-0.3, -0.25) is 4.79 Å². The normalized spacial score (nSPS) is 11.1. The minimum Gasteiger partial charge on any atom is -0.426 e. The number of rotatable bonds is 8. The second-order valence-electron chi connectivity index (χ2n) is 8.87. The van der Waals surface area contributed by atoms with E-state index in [1.165, 1.54) is 0 Å². The van der Waals surface area contributed by atoms with Crippen LogP contribution < -0.4 is 14.2 Å². The third-order valence-electron chi connectivity index (χ3n) is 5.54. The number of ether oxygens (including phenoxy) is 3. The Kier molecular flexibility index (Phi) is 8.80. The molecule has 0 aliphatic carbocycles. The maximum atomic E-state index is 12.6. The topological polar surface area (TPSA) is 78.9 Å².